The lowest BCUT2D eigenvalue weighted by atomic mass is 9.82. The minimum atomic E-state index is -0.948. The van der Waals surface area contributed by atoms with Crippen LogP contribution < -0.4 is 11.1 Å². The minimum absolute atomic E-state index is 0.111. The third-order valence-corrected chi connectivity index (χ3v) is 7.02. The molecule has 2 fully saturated rings. The maximum Gasteiger partial charge on any atom is 0.262 e. The van der Waals surface area contributed by atoms with Gasteiger partial charge in [-0.1, -0.05) is 26.0 Å². The van der Waals surface area contributed by atoms with Crippen LogP contribution in [-0.2, 0) is 16.1 Å². The molecule has 3 aliphatic heterocycles. The Morgan fingerprint density at radius 3 is 2.58 bits per heavy atom. The zero-order chi connectivity index (χ0) is 22.3. The molecule has 0 spiro atoms. The van der Waals surface area contributed by atoms with Crippen LogP contribution in [0.15, 0.2) is 18.2 Å². The van der Waals surface area contributed by atoms with Crippen LogP contribution in [-0.4, -0.2) is 58.6 Å². The molecular formula is C23H30N4O4. The number of piperidine rings is 2. The van der Waals surface area contributed by atoms with Crippen molar-refractivity contribution in [1.29, 1.82) is 0 Å². The smallest absolute Gasteiger partial charge is 0.262 e. The molecule has 0 radical (unpaired) electrons. The molecule has 1 unspecified atom stereocenters. The minimum Gasteiger partial charge on any atom is -0.329 e. The van der Waals surface area contributed by atoms with E-state index in [0.717, 1.165) is 29.8 Å². The summed E-state index contributed by atoms with van der Waals surface area (Å²) in [5.41, 5.74) is 7.56. The van der Waals surface area contributed by atoms with Crippen LogP contribution in [0.1, 0.15) is 65.8 Å². The molecule has 3 aliphatic rings. The first-order chi connectivity index (χ1) is 14.8. The molecule has 31 heavy (non-hydrogen) atoms. The Hall–Kier alpha value is -2.58. The van der Waals surface area contributed by atoms with Gasteiger partial charge in [-0.25, -0.2) is 0 Å². The normalized spacial score (nSPS) is 27.1. The molecule has 0 saturated carbocycles. The Kier molecular flexibility index (Phi) is 5.94. The molecule has 1 aromatic rings. The summed E-state index contributed by atoms with van der Waals surface area (Å²) in [6, 6.07) is 4.58. The molecule has 0 aromatic heterocycles. The van der Waals surface area contributed by atoms with Crippen molar-refractivity contribution in [3.8, 4) is 0 Å². The third kappa shape index (κ3) is 3.90. The lowest BCUT2D eigenvalue weighted by molar-refractivity contribution is -0.136. The van der Waals surface area contributed by atoms with Gasteiger partial charge >= 0.3 is 0 Å². The van der Waals surface area contributed by atoms with E-state index >= 15 is 0 Å². The molecule has 1 aromatic carbocycles. The lowest BCUT2D eigenvalue weighted by Crippen LogP contribution is -2.54. The van der Waals surface area contributed by atoms with Gasteiger partial charge in [0, 0.05) is 25.6 Å². The number of hydrogen-bond acceptors (Lipinski definition) is 6. The fraction of sp³-hybridized carbons (Fsp3) is 0.565. The van der Waals surface area contributed by atoms with Crippen molar-refractivity contribution in [1.82, 2.24) is 15.1 Å². The molecular weight excluding hydrogens is 396 g/mol. The SMILES string of the molecule is CC(C)[C@@H]1CCN(Cc2cccc3c2C(=O)N(C2CCC(=O)NC2=O)C3=O)[C@H](CN)C1. The predicted octanol–water partition coefficient (Wildman–Crippen LogP) is 1.28. The Balaban J connectivity index is 1.58. The summed E-state index contributed by atoms with van der Waals surface area (Å²) >= 11 is 0. The van der Waals surface area contributed by atoms with Crippen molar-refractivity contribution in [2.75, 3.05) is 13.1 Å². The summed E-state index contributed by atoms with van der Waals surface area (Å²) < 4.78 is 0. The first-order valence-corrected chi connectivity index (χ1v) is 11.1. The highest BCUT2D eigenvalue weighted by molar-refractivity contribution is 6.24. The van der Waals surface area contributed by atoms with Gasteiger partial charge in [-0.2, -0.15) is 0 Å². The molecule has 0 aliphatic carbocycles. The van der Waals surface area contributed by atoms with Gasteiger partial charge in [0.05, 0.1) is 11.1 Å². The quantitative estimate of drug-likeness (QED) is 0.686. The molecule has 3 N–H and O–H groups in total. The van der Waals surface area contributed by atoms with Gasteiger partial charge in [0.2, 0.25) is 11.8 Å². The first kappa shape index (κ1) is 21.6. The second kappa shape index (κ2) is 8.51. The third-order valence-electron chi connectivity index (χ3n) is 7.02. The number of amides is 4. The van der Waals surface area contributed by atoms with E-state index in [0.29, 0.717) is 36.1 Å². The van der Waals surface area contributed by atoms with Crippen LogP contribution in [0.5, 0.6) is 0 Å². The second-order valence-corrected chi connectivity index (χ2v) is 9.18. The second-order valence-electron chi connectivity index (χ2n) is 9.18. The number of nitrogens with zero attached hydrogens (tertiary/aromatic N) is 2. The number of benzene rings is 1. The fourth-order valence-corrected chi connectivity index (χ4v) is 5.13. The van der Waals surface area contributed by atoms with E-state index in [4.69, 9.17) is 5.73 Å². The van der Waals surface area contributed by atoms with Gasteiger partial charge in [-0.15, -0.1) is 0 Å². The van der Waals surface area contributed by atoms with Crippen LogP contribution >= 0.6 is 0 Å². The van der Waals surface area contributed by atoms with Gasteiger partial charge in [0.15, 0.2) is 0 Å². The van der Waals surface area contributed by atoms with E-state index in [1.807, 2.05) is 6.07 Å². The van der Waals surface area contributed by atoms with E-state index in [1.165, 1.54) is 0 Å². The Morgan fingerprint density at radius 2 is 1.90 bits per heavy atom. The number of nitrogens with one attached hydrogen (secondary N) is 1. The number of carbonyl (C=O) groups is 4. The Morgan fingerprint density at radius 1 is 1.13 bits per heavy atom. The van der Waals surface area contributed by atoms with Crippen LogP contribution in [0.4, 0.5) is 0 Å². The number of likely N-dealkylation sites (tertiary alicyclic amines) is 1. The zero-order valence-corrected chi connectivity index (χ0v) is 18.1. The van der Waals surface area contributed by atoms with E-state index in [-0.39, 0.29) is 24.8 Å². The average Bonchev–Trinajstić information content (AvgIpc) is 2.99. The molecule has 3 heterocycles. The highest BCUT2D eigenvalue weighted by Crippen LogP contribution is 2.33. The Bertz CT molecular complexity index is 928. The van der Waals surface area contributed by atoms with E-state index in [1.54, 1.807) is 12.1 Å². The molecule has 8 nitrogen and oxygen atoms in total. The summed E-state index contributed by atoms with van der Waals surface area (Å²) in [7, 11) is 0. The summed E-state index contributed by atoms with van der Waals surface area (Å²) in [5, 5.41) is 2.23. The number of imide groups is 2. The van der Waals surface area contributed by atoms with E-state index in [2.05, 4.69) is 24.1 Å². The number of rotatable bonds is 5. The molecule has 166 valence electrons. The van der Waals surface area contributed by atoms with Gasteiger partial charge < -0.3 is 5.73 Å². The summed E-state index contributed by atoms with van der Waals surface area (Å²) in [5.74, 6) is -0.643. The largest absolute Gasteiger partial charge is 0.329 e. The van der Waals surface area contributed by atoms with Gasteiger partial charge in [0.25, 0.3) is 11.8 Å². The van der Waals surface area contributed by atoms with Crippen molar-refractivity contribution >= 4 is 23.6 Å². The maximum atomic E-state index is 13.3. The van der Waals surface area contributed by atoms with Gasteiger partial charge in [0.1, 0.15) is 6.04 Å². The van der Waals surface area contributed by atoms with Crippen molar-refractivity contribution in [3.63, 3.8) is 0 Å². The van der Waals surface area contributed by atoms with Crippen molar-refractivity contribution in [2.45, 2.75) is 58.2 Å². The monoisotopic (exact) mass is 426 g/mol. The predicted molar refractivity (Wildman–Crippen MR) is 114 cm³/mol. The van der Waals surface area contributed by atoms with Crippen LogP contribution in [0.25, 0.3) is 0 Å². The number of hydrogen-bond donors (Lipinski definition) is 2. The van der Waals surface area contributed by atoms with Crippen LogP contribution in [0.2, 0.25) is 0 Å². The summed E-state index contributed by atoms with van der Waals surface area (Å²) in [6.07, 6.45) is 2.38. The lowest BCUT2D eigenvalue weighted by Gasteiger charge is -2.40. The number of carbonyl (C=O) groups excluding carboxylic acids is 4. The average molecular weight is 427 g/mol. The van der Waals surface area contributed by atoms with E-state index in [9.17, 15) is 19.2 Å². The van der Waals surface area contributed by atoms with Crippen LogP contribution in [0.3, 0.4) is 0 Å². The molecule has 4 rings (SSSR count). The van der Waals surface area contributed by atoms with Gasteiger partial charge in [-0.3, -0.25) is 34.3 Å². The van der Waals surface area contributed by atoms with Crippen molar-refractivity contribution in [3.05, 3.63) is 34.9 Å². The summed E-state index contributed by atoms with van der Waals surface area (Å²) in [4.78, 5) is 53.4. The Labute approximate surface area is 182 Å². The standard InChI is InChI=1S/C23H30N4O4/c1-13(2)14-8-9-26(16(10-14)11-24)12-15-4-3-5-17-20(15)23(31)27(22(17)30)18-6-7-19(28)25-21(18)29/h3-5,13-14,16,18H,6-12,24H2,1-2H3,(H,25,28,29)/t14-,16+,18?/m1/s1. The number of fused-ring (bicyclic) bond motifs is 1. The highest BCUT2D eigenvalue weighted by Gasteiger charge is 2.45. The molecule has 8 heteroatoms. The zero-order valence-electron chi connectivity index (χ0n) is 18.1. The first-order valence-electron chi connectivity index (χ1n) is 11.1. The number of nitrogens with two attached hydrogens (primary N) is 1. The van der Waals surface area contributed by atoms with Crippen LogP contribution in [0, 0.1) is 11.8 Å². The highest BCUT2D eigenvalue weighted by atomic mass is 16.2. The fourth-order valence-electron chi connectivity index (χ4n) is 5.13. The van der Waals surface area contributed by atoms with Gasteiger partial charge in [-0.05, 0) is 49.3 Å². The topological polar surface area (TPSA) is 113 Å². The van der Waals surface area contributed by atoms with E-state index < -0.39 is 23.8 Å². The molecule has 4 amide bonds. The maximum absolute atomic E-state index is 13.3. The molecule has 0 bridgehead atoms. The van der Waals surface area contributed by atoms with Crippen molar-refractivity contribution in [2.24, 2.45) is 17.6 Å². The summed E-state index contributed by atoms with van der Waals surface area (Å²) in [6.45, 7) is 6.47. The van der Waals surface area contributed by atoms with Crippen molar-refractivity contribution < 1.29 is 19.2 Å². The molecule has 3 atom stereocenters. The molecule has 2 saturated heterocycles.